The van der Waals surface area contributed by atoms with Crippen LogP contribution in [0, 0.1) is 0 Å². The van der Waals surface area contributed by atoms with Gasteiger partial charge in [-0.1, -0.05) is 89.7 Å². The smallest absolute Gasteiger partial charge is 0.292 e. The van der Waals surface area contributed by atoms with E-state index in [-0.39, 0.29) is 5.97 Å². The van der Waals surface area contributed by atoms with Gasteiger partial charge < -0.3 is 4.43 Å². The molecule has 3 heteroatoms. The quantitative estimate of drug-likeness (QED) is 0.136. The van der Waals surface area contributed by atoms with Crippen molar-refractivity contribution in [1.82, 2.24) is 0 Å². The van der Waals surface area contributed by atoms with Crippen molar-refractivity contribution < 1.29 is 9.22 Å². The van der Waals surface area contributed by atoms with Crippen LogP contribution in [0.5, 0.6) is 0 Å². The minimum absolute atomic E-state index is 0.0153. The summed E-state index contributed by atoms with van der Waals surface area (Å²) in [4.78, 5) is 11.6. The second kappa shape index (κ2) is 17.8. The number of carbonyl (C=O) groups is 1. The lowest BCUT2D eigenvalue weighted by Gasteiger charge is -2.16. The maximum atomic E-state index is 11.6. The van der Waals surface area contributed by atoms with E-state index in [4.69, 9.17) is 4.43 Å². The summed E-state index contributed by atoms with van der Waals surface area (Å²) in [5.74, 6) is -0.0153. The first-order valence-electron chi connectivity index (χ1n) is 11.3. The first-order chi connectivity index (χ1) is 12.5. The molecule has 26 heavy (non-hydrogen) atoms. The van der Waals surface area contributed by atoms with Gasteiger partial charge in [-0.3, -0.25) is 4.79 Å². The van der Waals surface area contributed by atoms with Crippen LogP contribution in [0.25, 0.3) is 0 Å². The number of rotatable bonds is 18. The lowest BCUT2D eigenvalue weighted by molar-refractivity contribution is -0.135. The molecule has 0 unspecified atom stereocenters. The van der Waals surface area contributed by atoms with Gasteiger partial charge in [-0.15, -0.1) is 0 Å². The summed E-state index contributed by atoms with van der Waals surface area (Å²) in [5, 5.41) is 0. The molecular weight excluding hydrogens is 336 g/mol. The molecule has 0 aliphatic carbocycles. The molecule has 0 aromatic heterocycles. The topological polar surface area (TPSA) is 26.3 Å². The predicted molar refractivity (Wildman–Crippen MR) is 118 cm³/mol. The first kappa shape index (κ1) is 25.4. The maximum absolute atomic E-state index is 11.6. The third-order valence-electron chi connectivity index (χ3n) is 4.56. The molecule has 154 valence electrons. The number of allylic oxidation sites excluding steroid dienone is 2. The largest absolute Gasteiger partial charge is 0.520 e. The monoisotopic (exact) mass is 382 g/mol. The minimum atomic E-state index is -1.70. The average Bonchev–Trinajstić information content (AvgIpc) is 2.56. The molecule has 0 aromatic rings. The van der Waals surface area contributed by atoms with Gasteiger partial charge in [-0.2, -0.15) is 0 Å². The molecule has 0 rings (SSSR count). The van der Waals surface area contributed by atoms with Crippen molar-refractivity contribution in [2.24, 2.45) is 0 Å². The second-order valence-electron chi connectivity index (χ2n) is 8.63. The Labute approximate surface area is 165 Å². The Morgan fingerprint density at radius 2 is 1.12 bits per heavy atom. The van der Waals surface area contributed by atoms with E-state index in [2.05, 4.69) is 38.7 Å². The van der Waals surface area contributed by atoms with E-state index in [0.29, 0.717) is 6.42 Å². The van der Waals surface area contributed by atoms with E-state index >= 15 is 0 Å². The third-order valence-corrected chi connectivity index (χ3v) is 5.40. The highest BCUT2D eigenvalue weighted by atomic mass is 28.4. The summed E-state index contributed by atoms with van der Waals surface area (Å²) in [7, 11) is -1.70. The Balaban J connectivity index is 3.23. The average molecular weight is 383 g/mol. The van der Waals surface area contributed by atoms with Crippen molar-refractivity contribution in [3.8, 4) is 0 Å². The van der Waals surface area contributed by atoms with E-state index in [0.717, 1.165) is 12.8 Å². The summed E-state index contributed by atoms with van der Waals surface area (Å²) in [6, 6.07) is 0. The zero-order chi connectivity index (χ0) is 19.5. The highest BCUT2D eigenvalue weighted by molar-refractivity contribution is 6.71. The summed E-state index contributed by atoms with van der Waals surface area (Å²) in [6.07, 6.45) is 25.1. The van der Waals surface area contributed by atoms with Crippen LogP contribution >= 0.6 is 0 Å². The Morgan fingerprint density at radius 1 is 0.692 bits per heavy atom. The molecular formula is C23H46O2Si. The fourth-order valence-electron chi connectivity index (χ4n) is 3.10. The third kappa shape index (κ3) is 21.5. The summed E-state index contributed by atoms with van der Waals surface area (Å²) < 4.78 is 5.44. The van der Waals surface area contributed by atoms with E-state index in [1.54, 1.807) is 0 Å². The Hall–Kier alpha value is -0.573. The lowest BCUT2D eigenvalue weighted by Crippen LogP contribution is -2.28. The van der Waals surface area contributed by atoms with Crippen molar-refractivity contribution in [2.75, 3.05) is 0 Å². The van der Waals surface area contributed by atoms with Gasteiger partial charge in [0, 0.05) is 6.42 Å². The number of unbranched alkanes of at least 4 members (excludes halogenated alkanes) is 13. The van der Waals surface area contributed by atoms with Crippen LogP contribution in [-0.2, 0) is 9.22 Å². The molecule has 0 N–H and O–H groups in total. The summed E-state index contributed by atoms with van der Waals surface area (Å²) in [6.45, 7) is 8.45. The molecule has 0 amide bonds. The summed E-state index contributed by atoms with van der Waals surface area (Å²) in [5.41, 5.74) is 0. The van der Waals surface area contributed by atoms with Crippen molar-refractivity contribution >= 4 is 14.3 Å². The lowest BCUT2D eigenvalue weighted by atomic mass is 10.0. The molecule has 0 radical (unpaired) electrons. The van der Waals surface area contributed by atoms with Gasteiger partial charge in [0.1, 0.15) is 0 Å². The van der Waals surface area contributed by atoms with E-state index < -0.39 is 8.32 Å². The van der Waals surface area contributed by atoms with Gasteiger partial charge in [0.15, 0.2) is 0 Å². The van der Waals surface area contributed by atoms with Gasteiger partial charge in [0.05, 0.1) is 0 Å². The van der Waals surface area contributed by atoms with E-state index in [1.165, 1.54) is 83.5 Å². The molecule has 0 fully saturated rings. The van der Waals surface area contributed by atoms with Crippen LogP contribution < -0.4 is 0 Å². The molecule has 0 bridgehead atoms. The SMILES string of the molecule is CCCCCCCCCCCCCC/C=C\CCCC(=O)O[Si](C)(C)C. The standard InChI is InChI=1S/C23H46O2Si/c1-5-6-7-8-9-10-11-12-13-14-15-16-17-18-19-20-21-22-23(24)25-26(2,3)4/h18-19H,5-17,20-22H2,1-4H3/b19-18-. The van der Waals surface area contributed by atoms with Crippen molar-refractivity contribution in [2.45, 2.75) is 129 Å². The van der Waals surface area contributed by atoms with Crippen LogP contribution in [0.1, 0.15) is 110 Å². The summed E-state index contributed by atoms with van der Waals surface area (Å²) >= 11 is 0. The van der Waals surface area contributed by atoms with Crippen molar-refractivity contribution in [1.29, 1.82) is 0 Å². The molecule has 0 saturated carbocycles. The van der Waals surface area contributed by atoms with Gasteiger partial charge in [0.25, 0.3) is 5.97 Å². The van der Waals surface area contributed by atoms with Crippen LogP contribution in [0.15, 0.2) is 12.2 Å². The highest BCUT2D eigenvalue weighted by Crippen LogP contribution is 2.13. The molecule has 0 aliphatic rings. The van der Waals surface area contributed by atoms with Crippen molar-refractivity contribution in [3.05, 3.63) is 12.2 Å². The van der Waals surface area contributed by atoms with Gasteiger partial charge in [-0.05, 0) is 45.3 Å². The van der Waals surface area contributed by atoms with Crippen LogP contribution in [0.3, 0.4) is 0 Å². The molecule has 0 spiro atoms. The number of carbonyl (C=O) groups excluding carboxylic acids is 1. The zero-order valence-electron chi connectivity index (χ0n) is 18.3. The number of hydrogen-bond donors (Lipinski definition) is 0. The predicted octanol–water partition coefficient (Wildman–Crippen LogP) is 8.18. The Bertz CT molecular complexity index is 345. The Morgan fingerprint density at radius 3 is 1.58 bits per heavy atom. The molecule has 0 aliphatic heterocycles. The zero-order valence-corrected chi connectivity index (χ0v) is 19.3. The second-order valence-corrected chi connectivity index (χ2v) is 13.1. The van der Waals surface area contributed by atoms with Gasteiger partial charge in [-0.25, -0.2) is 0 Å². The molecule has 2 nitrogen and oxygen atoms in total. The normalized spacial score (nSPS) is 12.0. The first-order valence-corrected chi connectivity index (χ1v) is 14.7. The highest BCUT2D eigenvalue weighted by Gasteiger charge is 2.19. The van der Waals surface area contributed by atoms with E-state index in [9.17, 15) is 4.79 Å². The van der Waals surface area contributed by atoms with E-state index in [1.807, 2.05) is 0 Å². The van der Waals surface area contributed by atoms with Crippen LogP contribution in [0.2, 0.25) is 19.6 Å². The molecule has 0 saturated heterocycles. The van der Waals surface area contributed by atoms with Crippen LogP contribution in [-0.4, -0.2) is 14.3 Å². The van der Waals surface area contributed by atoms with Gasteiger partial charge >= 0.3 is 0 Å². The molecule has 0 aromatic carbocycles. The van der Waals surface area contributed by atoms with Crippen LogP contribution in [0.4, 0.5) is 0 Å². The maximum Gasteiger partial charge on any atom is 0.292 e. The fraction of sp³-hybridized carbons (Fsp3) is 0.870. The van der Waals surface area contributed by atoms with Crippen molar-refractivity contribution in [3.63, 3.8) is 0 Å². The number of hydrogen-bond acceptors (Lipinski definition) is 2. The molecule has 0 heterocycles. The molecule has 0 atom stereocenters. The fourth-order valence-corrected chi connectivity index (χ4v) is 3.88. The minimum Gasteiger partial charge on any atom is -0.520 e. The van der Waals surface area contributed by atoms with Gasteiger partial charge in [0.2, 0.25) is 8.32 Å². The Kier molecular flexibility index (Phi) is 17.4.